The molecule has 1 aliphatic heterocycles. The minimum absolute atomic E-state index is 0.0737. The van der Waals surface area contributed by atoms with Gasteiger partial charge in [-0.2, -0.15) is 0 Å². The van der Waals surface area contributed by atoms with E-state index in [1.165, 1.54) is 25.3 Å². The van der Waals surface area contributed by atoms with Crippen molar-refractivity contribution >= 4 is 23.4 Å². The first-order valence-corrected chi connectivity index (χ1v) is 16.7. The highest BCUT2D eigenvalue weighted by atomic mass is 16.7. The number of Topliss-reactive ketones (excluding diaryl/α,β-unsaturated/α-hetero) is 1. The Balaban J connectivity index is 1.33. The number of benzene rings is 2. The summed E-state index contributed by atoms with van der Waals surface area (Å²) in [6.45, 7) is 0.487. The molecule has 6 rings (SSSR count). The topological polar surface area (TPSA) is 218 Å². The molecule has 268 valence electrons. The summed E-state index contributed by atoms with van der Waals surface area (Å²) in [6.07, 6.45) is 1.13. The standard InChI is InChI=1S/C36H41NO13/c1-17-30(40)21(37-35(45)49-18-9-6-4-3-5-7-10-18)13-25(48-17)50-23-15-36(46,24(39)16-38)14-20-27(23)34(44)29-28(32(20)42)31(41)19-11-8-12-22(47-2)26(19)33(29)43/h6,8-9,11-12,17-18,21,23,25,30,38,40,42,44,46H,3-5,7,10,13-16H2,1-2H3,(H,37,45)/b9-6+/t17?,18?,21?,23-,25?,30?,36-/m0/s1. The molecule has 3 aliphatic carbocycles. The monoisotopic (exact) mass is 695 g/mol. The molecule has 6 N–H and O–H groups in total. The van der Waals surface area contributed by atoms with Crippen LogP contribution in [0.15, 0.2) is 30.4 Å². The number of carbonyl (C=O) groups excluding carboxylic acids is 4. The smallest absolute Gasteiger partial charge is 0.408 e. The second-order valence-corrected chi connectivity index (χ2v) is 13.3. The van der Waals surface area contributed by atoms with Gasteiger partial charge < -0.3 is 49.8 Å². The molecule has 0 spiro atoms. The number of ketones is 3. The third-order valence-electron chi connectivity index (χ3n) is 10.0. The highest BCUT2D eigenvalue weighted by Gasteiger charge is 2.50. The maximum absolute atomic E-state index is 13.9. The minimum atomic E-state index is -2.32. The lowest BCUT2D eigenvalue weighted by Crippen LogP contribution is -2.56. The fourth-order valence-electron chi connectivity index (χ4n) is 7.41. The number of nitrogens with one attached hydrogen (secondary N) is 1. The van der Waals surface area contributed by atoms with Crippen molar-refractivity contribution < 1.29 is 63.7 Å². The Morgan fingerprint density at radius 1 is 1.06 bits per heavy atom. The van der Waals surface area contributed by atoms with E-state index in [4.69, 9.17) is 18.9 Å². The summed E-state index contributed by atoms with van der Waals surface area (Å²) in [5.41, 5.74) is -3.93. The van der Waals surface area contributed by atoms with Crippen LogP contribution < -0.4 is 10.1 Å². The van der Waals surface area contributed by atoms with Gasteiger partial charge in [0, 0.05) is 36.0 Å². The van der Waals surface area contributed by atoms with Gasteiger partial charge in [0.1, 0.15) is 41.7 Å². The van der Waals surface area contributed by atoms with Crippen LogP contribution in [0.4, 0.5) is 4.79 Å². The first kappa shape index (κ1) is 35.5. The van der Waals surface area contributed by atoms with E-state index >= 15 is 0 Å². The number of amides is 1. The van der Waals surface area contributed by atoms with Crippen LogP contribution in [0.5, 0.6) is 17.2 Å². The number of carbonyl (C=O) groups is 4. The van der Waals surface area contributed by atoms with E-state index in [0.717, 1.165) is 25.7 Å². The largest absolute Gasteiger partial charge is 0.507 e. The lowest BCUT2D eigenvalue weighted by atomic mass is 9.72. The second-order valence-electron chi connectivity index (χ2n) is 13.3. The molecule has 2 aromatic rings. The molecule has 7 atom stereocenters. The molecule has 0 saturated carbocycles. The Morgan fingerprint density at radius 2 is 1.82 bits per heavy atom. The fraction of sp³-hybridized carbons (Fsp3) is 0.500. The molecule has 0 bridgehead atoms. The van der Waals surface area contributed by atoms with Crippen LogP contribution in [0.3, 0.4) is 0 Å². The van der Waals surface area contributed by atoms with Crippen LogP contribution in [-0.2, 0) is 25.4 Å². The SMILES string of the molecule is COc1cccc2c1C(=O)c1c(O)c3c(c(O)c1C2=O)C[C@@](O)(C(=O)CO)C[C@@H]3OC1CC(NC(=O)OC2/C=C/CCCCC2)C(O)C(C)O1. The summed E-state index contributed by atoms with van der Waals surface area (Å²) in [7, 11) is 1.31. The Morgan fingerprint density at radius 3 is 2.56 bits per heavy atom. The van der Waals surface area contributed by atoms with Crippen molar-refractivity contribution in [3.63, 3.8) is 0 Å². The molecular weight excluding hydrogens is 654 g/mol. The zero-order valence-electron chi connectivity index (χ0n) is 27.7. The van der Waals surface area contributed by atoms with E-state index < -0.39 is 108 Å². The van der Waals surface area contributed by atoms with E-state index in [1.807, 2.05) is 12.2 Å². The van der Waals surface area contributed by atoms with Gasteiger partial charge in [0.15, 0.2) is 17.9 Å². The number of phenolic OH excluding ortho intramolecular Hbond substituents is 2. The molecule has 0 radical (unpaired) electrons. The van der Waals surface area contributed by atoms with E-state index in [2.05, 4.69) is 5.32 Å². The molecular formula is C36H41NO13. The third kappa shape index (κ3) is 6.37. The fourth-order valence-corrected chi connectivity index (χ4v) is 7.41. The number of alkyl carbamates (subject to hydrolysis) is 1. The highest BCUT2D eigenvalue weighted by Crippen LogP contribution is 2.52. The molecule has 5 unspecified atom stereocenters. The number of ether oxygens (including phenoxy) is 4. The molecule has 14 heteroatoms. The van der Waals surface area contributed by atoms with Gasteiger partial charge in [0.25, 0.3) is 0 Å². The van der Waals surface area contributed by atoms with E-state index in [9.17, 15) is 44.7 Å². The number of aliphatic hydroxyl groups excluding tert-OH is 2. The van der Waals surface area contributed by atoms with Crippen LogP contribution in [0.25, 0.3) is 0 Å². The number of phenols is 2. The number of methoxy groups -OCH3 is 1. The number of hydrogen-bond acceptors (Lipinski definition) is 13. The number of hydrogen-bond donors (Lipinski definition) is 6. The van der Waals surface area contributed by atoms with Crippen LogP contribution in [0.2, 0.25) is 0 Å². The van der Waals surface area contributed by atoms with Crippen LogP contribution in [-0.4, -0.2) is 98.9 Å². The van der Waals surface area contributed by atoms with Gasteiger partial charge in [-0.05, 0) is 44.7 Å². The Hall–Kier alpha value is -4.34. The number of fused-ring (bicyclic) bond motifs is 3. The summed E-state index contributed by atoms with van der Waals surface area (Å²) < 4.78 is 23.0. The number of aromatic hydroxyl groups is 2. The molecule has 50 heavy (non-hydrogen) atoms. The van der Waals surface area contributed by atoms with Gasteiger partial charge in [0.2, 0.25) is 5.78 Å². The van der Waals surface area contributed by atoms with Crippen molar-refractivity contribution in [3.8, 4) is 17.2 Å². The van der Waals surface area contributed by atoms with Gasteiger partial charge in [-0.25, -0.2) is 4.79 Å². The van der Waals surface area contributed by atoms with E-state index in [1.54, 1.807) is 6.92 Å². The van der Waals surface area contributed by atoms with Crippen molar-refractivity contribution in [3.05, 3.63) is 63.7 Å². The predicted molar refractivity (Wildman–Crippen MR) is 173 cm³/mol. The Kier molecular flexibility index (Phi) is 10.0. The molecule has 0 aromatic heterocycles. The Labute approximate surface area is 287 Å². The molecule has 1 amide bonds. The quantitative estimate of drug-likeness (QED) is 0.155. The highest BCUT2D eigenvalue weighted by molar-refractivity contribution is 6.31. The van der Waals surface area contributed by atoms with Gasteiger partial charge in [0.05, 0.1) is 42.0 Å². The van der Waals surface area contributed by atoms with Gasteiger partial charge >= 0.3 is 6.09 Å². The lowest BCUT2D eigenvalue weighted by molar-refractivity contribution is -0.249. The average Bonchev–Trinajstić information content (AvgIpc) is 3.07. The molecule has 1 saturated heterocycles. The van der Waals surface area contributed by atoms with E-state index in [-0.39, 0.29) is 34.4 Å². The van der Waals surface area contributed by atoms with Crippen molar-refractivity contribution in [1.29, 1.82) is 0 Å². The maximum Gasteiger partial charge on any atom is 0.408 e. The van der Waals surface area contributed by atoms with Crippen LogP contribution in [0.1, 0.15) is 101 Å². The molecule has 1 heterocycles. The van der Waals surface area contributed by atoms with Crippen LogP contribution >= 0.6 is 0 Å². The van der Waals surface area contributed by atoms with Gasteiger partial charge in [-0.15, -0.1) is 0 Å². The van der Waals surface area contributed by atoms with Crippen molar-refractivity contribution in [1.82, 2.24) is 5.32 Å². The van der Waals surface area contributed by atoms with E-state index in [0.29, 0.717) is 6.42 Å². The maximum atomic E-state index is 13.9. The molecule has 1 fully saturated rings. The summed E-state index contributed by atoms with van der Waals surface area (Å²) in [4.78, 5) is 53.4. The minimum Gasteiger partial charge on any atom is -0.507 e. The lowest BCUT2D eigenvalue weighted by Gasteiger charge is -2.42. The molecule has 2 aromatic carbocycles. The molecule has 14 nitrogen and oxygen atoms in total. The summed E-state index contributed by atoms with van der Waals surface area (Å²) in [6, 6.07) is 3.41. The van der Waals surface area contributed by atoms with Crippen molar-refractivity contribution in [2.24, 2.45) is 0 Å². The van der Waals surface area contributed by atoms with Gasteiger partial charge in [-0.3, -0.25) is 14.4 Å². The molecule has 4 aliphatic rings. The first-order chi connectivity index (χ1) is 23.9. The van der Waals surface area contributed by atoms with Crippen molar-refractivity contribution in [2.45, 2.75) is 101 Å². The summed E-state index contributed by atoms with van der Waals surface area (Å²) >= 11 is 0. The predicted octanol–water partition coefficient (Wildman–Crippen LogP) is 2.66. The average molecular weight is 696 g/mol. The van der Waals surface area contributed by atoms with Crippen LogP contribution in [0, 0.1) is 0 Å². The first-order valence-electron chi connectivity index (χ1n) is 16.7. The van der Waals surface area contributed by atoms with Gasteiger partial charge in [-0.1, -0.05) is 24.6 Å². The van der Waals surface area contributed by atoms with Crippen molar-refractivity contribution in [2.75, 3.05) is 13.7 Å². The third-order valence-corrected chi connectivity index (χ3v) is 10.0. The zero-order chi connectivity index (χ0) is 35.9. The number of allylic oxidation sites excluding steroid dienone is 1. The Bertz CT molecular complexity index is 1740. The summed E-state index contributed by atoms with van der Waals surface area (Å²) in [5, 5.41) is 58.1. The second kappa shape index (κ2) is 14.1. The zero-order valence-corrected chi connectivity index (χ0v) is 27.7. The summed E-state index contributed by atoms with van der Waals surface area (Å²) in [5.74, 6) is -3.98. The number of aliphatic hydroxyl groups is 3. The normalized spacial score (nSPS) is 29.8. The number of rotatable bonds is 7.